The van der Waals surface area contributed by atoms with E-state index in [1.165, 1.54) is 12.1 Å². The van der Waals surface area contributed by atoms with E-state index in [0.717, 1.165) is 44.2 Å². The molecule has 1 aromatic carbocycles. The topological polar surface area (TPSA) is 61.4 Å². The molecule has 5 nitrogen and oxygen atoms in total. The van der Waals surface area contributed by atoms with Crippen LogP contribution in [0.25, 0.3) is 0 Å². The molecule has 0 aliphatic carbocycles. The Labute approximate surface area is 148 Å². The van der Waals surface area contributed by atoms with Crippen molar-refractivity contribution in [1.29, 1.82) is 0 Å². The number of amides is 3. The van der Waals surface area contributed by atoms with Gasteiger partial charge in [0.2, 0.25) is 5.91 Å². The zero-order valence-corrected chi connectivity index (χ0v) is 14.5. The van der Waals surface area contributed by atoms with Gasteiger partial charge in [0, 0.05) is 38.0 Å². The summed E-state index contributed by atoms with van der Waals surface area (Å²) in [6, 6.07) is 6.68. The van der Waals surface area contributed by atoms with Gasteiger partial charge < -0.3 is 15.5 Å². The van der Waals surface area contributed by atoms with Crippen LogP contribution in [0, 0.1) is 11.7 Å². The molecule has 2 saturated heterocycles. The summed E-state index contributed by atoms with van der Waals surface area (Å²) in [5.74, 6) is 0.0919. The van der Waals surface area contributed by atoms with Crippen molar-refractivity contribution in [3.63, 3.8) is 0 Å². The van der Waals surface area contributed by atoms with Crippen molar-refractivity contribution in [1.82, 2.24) is 15.5 Å². The third-order valence-corrected chi connectivity index (χ3v) is 5.17. The van der Waals surface area contributed by atoms with Crippen molar-refractivity contribution >= 4 is 11.9 Å². The van der Waals surface area contributed by atoms with Gasteiger partial charge in [-0.3, -0.25) is 4.79 Å². The minimum absolute atomic E-state index is 0.0386. The summed E-state index contributed by atoms with van der Waals surface area (Å²) in [5.41, 5.74) is 0.945. The summed E-state index contributed by atoms with van der Waals surface area (Å²) in [5, 5.41) is 5.86. The van der Waals surface area contributed by atoms with E-state index in [2.05, 4.69) is 10.6 Å². The molecule has 25 heavy (non-hydrogen) atoms. The second-order valence-corrected chi connectivity index (χ2v) is 6.99. The fourth-order valence-corrected chi connectivity index (χ4v) is 3.88. The largest absolute Gasteiger partial charge is 0.356 e. The average molecular weight is 347 g/mol. The van der Waals surface area contributed by atoms with Crippen LogP contribution < -0.4 is 10.6 Å². The summed E-state index contributed by atoms with van der Waals surface area (Å²) >= 11 is 0. The Balaban J connectivity index is 1.46. The van der Waals surface area contributed by atoms with Crippen LogP contribution in [0.15, 0.2) is 24.3 Å². The molecular weight excluding hydrogens is 321 g/mol. The SMILES string of the molecule is O=C1C[C@H]([C@H]2CCCCN2C(=O)NCCCc2cccc(F)c2)CN1. The molecule has 0 spiro atoms. The fraction of sp³-hybridized carbons (Fsp3) is 0.579. The highest BCUT2D eigenvalue weighted by atomic mass is 19.1. The Morgan fingerprint density at radius 2 is 2.24 bits per heavy atom. The smallest absolute Gasteiger partial charge is 0.317 e. The summed E-state index contributed by atoms with van der Waals surface area (Å²) in [4.78, 5) is 26.0. The van der Waals surface area contributed by atoms with Crippen molar-refractivity contribution in [2.75, 3.05) is 19.6 Å². The summed E-state index contributed by atoms with van der Waals surface area (Å²) < 4.78 is 13.2. The maximum Gasteiger partial charge on any atom is 0.317 e. The highest BCUT2D eigenvalue weighted by molar-refractivity contribution is 5.79. The first-order valence-corrected chi connectivity index (χ1v) is 9.19. The van der Waals surface area contributed by atoms with Gasteiger partial charge in [-0.05, 0) is 49.8 Å². The Hall–Kier alpha value is -2.11. The molecule has 1 aromatic rings. The molecule has 0 bridgehead atoms. The van der Waals surface area contributed by atoms with Crippen molar-refractivity contribution in [2.45, 2.75) is 44.6 Å². The Kier molecular flexibility index (Phi) is 5.89. The second-order valence-electron chi connectivity index (χ2n) is 6.99. The van der Waals surface area contributed by atoms with Crippen LogP contribution in [0.4, 0.5) is 9.18 Å². The number of hydrogen-bond donors (Lipinski definition) is 2. The van der Waals surface area contributed by atoms with Gasteiger partial charge in [0.1, 0.15) is 5.82 Å². The van der Waals surface area contributed by atoms with Gasteiger partial charge in [-0.25, -0.2) is 9.18 Å². The van der Waals surface area contributed by atoms with Crippen LogP contribution in [-0.4, -0.2) is 42.5 Å². The summed E-state index contributed by atoms with van der Waals surface area (Å²) in [6.07, 6.45) is 5.13. The van der Waals surface area contributed by atoms with Gasteiger partial charge >= 0.3 is 6.03 Å². The lowest BCUT2D eigenvalue weighted by molar-refractivity contribution is -0.119. The molecule has 0 radical (unpaired) electrons. The van der Waals surface area contributed by atoms with Crippen molar-refractivity contribution < 1.29 is 14.0 Å². The number of aryl methyl sites for hydroxylation is 1. The molecule has 2 heterocycles. The molecule has 136 valence electrons. The maximum absolute atomic E-state index is 13.2. The maximum atomic E-state index is 13.2. The number of piperidine rings is 1. The Bertz CT molecular complexity index is 622. The van der Waals surface area contributed by atoms with Crippen molar-refractivity contribution in [2.24, 2.45) is 5.92 Å². The normalized spacial score (nSPS) is 23.4. The molecule has 0 unspecified atom stereocenters. The number of carbonyl (C=O) groups excluding carboxylic acids is 2. The van der Waals surface area contributed by atoms with E-state index < -0.39 is 0 Å². The minimum atomic E-state index is -0.225. The first kappa shape index (κ1) is 17.7. The number of rotatable bonds is 5. The molecule has 2 atom stereocenters. The summed E-state index contributed by atoms with van der Waals surface area (Å²) in [7, 11) is 0. The van der Waals surface area contributed by atoms with Gasteiger partial charge in [-0.1, -0.05) is 12.1 Å². The van der Waals surface area contributed by atoms with Gasteiger partial charge in [0.15, 0.2) is 0 Å². The predicted octanol–water partition coefficient (Wildman–Crippen LogP) is 2.46. The van der Waals surface area contributed by atoms with Crippen molar-refractivity contribution in [3.05, 3.63) is 35.6 Å². The number of likely N-dealkylation sites (tertiary alicyclic amines) is 1. The average Bonchev–Trinajstić information content (AvgIpc) is 3.05. The standard InChI is InChI=1S/C19H26FN3O2/c20-16-7-3-5-14(11-16)6-4-9-21-19(25)23-10-2-1-8-17(23)15-12-18(24)22-13-15/h3,5,7,11,15,17H,1-2,4,6,8-10,12-13H2,(H,21,25)(H,22,24)/t15-,17+/m0/s1. The number of carbonyl (C=O) groups is 2. The van der Waals surface area contributed by atoms with Crippen LogP contribution in [0.3, 0.4) is 0 Å². The van der Waals surface area contributed by atoms with E-state index >= 15 is 0 Å². The fourth-order valence-electron chi connectivity index (χ4n) is 3.88. The predicted molar refractivity (Wildman–Crippen MR) is 93.6 cm³/mol. The van der Waals surface area contributed by atoms with Gasteiger partial charge in [-0.2, -0.15) is 0 Å². The molecule has 3 rings (SSSR count). The highest BCUT2D eigenvalue weighted by Crippen LogP contribution is 2.27. The molecule has 2 fully saturated rings. The quantitative estimate of drug-likeness (QED) is 0.804. The lowest BCUT2D eigenvalue weighted by Crippen LogP contribution is -2.52. The number of hydrogen-bond acceptors (Lipinski definition) is 2. The van der Waals surface area contributed by atoms with Crippen LogP contribution in [0.1, 0.15) is 37.7 Å². The molecular formula is C19H26FN3O2. The second kappa shape index (κ2) is 8.32. The highest BCUT2D eigenvalue weighted by Gasteiger charge is 2.36. The third kappa shape index (κ3) is 4.71. The molecule has 0 saturated carbocycles. The number of nitrogens with one attached hydrogen (secondary N) is 2. The number of halogens is 1. The van der Waals surface area contributed by atoms with Crippen LogP contribution in [-0.2, 0) is 11.2 Å². The van der Waals surface area contributed by atoms with Gasteiger partial charge in [-0.15, -0.1) is 0 Å². The molecule has 6 heteroatoms. The number of nitrogens with zero attached hydrogens (tertiary/aromatic N) is 1. The lowest BCUT2D eigenvalue weighted by Gasteiger charge is -2.38. The van der Waals surface area contributed by atoms with Crippen molar-refractivity contribution in [3.8, 4) is 0 Å². The zero-order chi connectivity index (χ0) is 17.6. The van der Waals surface area contributed by atoms with Crippen LogP contribution in [0.5, 0.6) is 0 Å². The van der Waals surface area contributed by atoms with E-state index in [0.29, 0.717) is 19.5 Å². The molecule has 0 aromatic heterocycles. The molecule has 2 N–H and O–H groups in total. The monoisotopic (exact) mass is 347 g/mol. The Morgan fingerprint density at radius 1 is 1.36 bits per heavy atom. The van der Waals surface area contributed by atoms with Gasteiger partial charge in [0.25, 0.3) is 0 Å². The third-order valence-electron chi connectivity index (χ3n) is 5.17. The first-order chi connectivity index (χ1) is 12.1. The lowest BCUT2D eigenvalue weighted by atomic mass is 9.90. The minimum Gasteiger partial charge on any atom is -0.356 e. The van der Waals surface area contributed by atoms with E-state index in [1.54, 1.807) is 6.07 Å². The van der Waals surface area contributed by atoms with Gasteiger partial charge in [0.05, 0.1) is 0 Å². The zero-order valence-electron chi connectivity index (χ0n) is 14.5. The molecule has 2 aliphatic rings. The molecule has 3 amide bonds. The first-order valence-electron chi connectivity index (χ1n) is 9.19. The van der Waals surface area contributed by atoms with Crippen LogP contribution >= 0.6 is 0 Å². The molecule has 2 aliphatic heterocycles. The Morgan fingerprint density at radius 3 is 3.00 bits per heavy atom. The number of benzene rings is 1. The summed E-state index contributed by atoms with van der Waals surface area (Å²) in [6.45, 7) is 2.00. The van der Waals surface area contributed by atoms with E-state index in [1.807, 2.05) is 11.0 Å². The van der Waals surface area contributed by atoms with E-state index in [-0.39, 0.29) is 29.7 Å². The van der Waals surface area contributed by atoms with Crippen LogP contribution in [0.2, 0.25) is 0 Å². The van der Waals surface area contributed by atoms with E-state index in [9.17, 15) is 14.0 Å². The number of urea groups is 1. The van der Waals surface area contributed by atoms with E-state index in [4.69, 9.17) is 0 Å².